The third-order valence-corrected chi connectivity index (χ3v) is 7.12. The summed E-state index contributed by atoms with van der Waals surface area (Å²) in [6, 6.07) is 22.9. The van der Waals surface area contributed by atoms with Gasteiger partial charge in [0.1, 0.15) is 18.5 Å². The van der Waals surface area contributed by atoms with Gasteiger partial charge < -0.3 is 23.8 Å². The first kappa shape index (κ1) is 31.7. The van der Waals surface area contributed by atoms with E-state index >= 15 is 0 Å². The highest BCUT2D eigenvalue weighted by molar-refractivity contribution is 5.95. The summed E-state index contributed by atoms with van der Waals surface area (Å²) in [4.78, 5) is 27.2. The van der Waals surface area contributed by atoms with Gasteiger partial charge in [-0.2, -0.15) is 5.43 Å². The summed E-state index contributed by atoms with van der Waals surface area (Å²) in [5.74, 6) is 1.95. The lowest BCUT2D eigenvalue weighted by Gasteiger charge is -2.31. The largest absolute Gasteiger partial charge is 0.494 e. The van der Waals surface area contributed by atoms with E-state index in [-0.39, 0.29) is 30.8 Å². The van der Waals surface area contributed by atoms with Crippen molar-refractivity contribution in [2.24, 2.45) is 0 Å². The van der Waals surface area contributed by atoms with Gasteiger partial charge in [0.25, 0.3) is 5.91 Å². The van der Waals surface area contributed by atoms with Gasteiger partial charge in [-0.3, -0.25) is 4.79 Å². The van der Waals surface area contributed by atoms with Crippen molar-refractivity contribution in [3.63, 3.8) is 0 Å². The van der Waals surface area contributed by atoms with Gasteiger partial charge in [-0.25, -0.2) is 9.80 Å². The SMILES string of the molecule is COc1cc(C(=O)N(C(C)C)C(C)C)ccc1OCCCCCOc1ccc(C2NN2C(=O)OCc2ccccc2)cc1. The molecule has 1 unspecified atom stereocenters. The Morgan fingerprint density at radius 2 is 1.51 bits per heavy atom. The predicted octanol–water partition coefficient (Wildman–Crippen LogP) is 6.74. The second-order valence-corrected chi connectivity index (χ2v) is 11.0. The molecule has 0 aromatic heterocycles. The second kappa shape index (κ2) is 15.3. The molecule has 0 bridgehead atoms. The lowest BCUT2D eigenvalue weighted by molar-refractivity contribution is 0.0643. The highest BCUT2D eigenvalue weighted by Gasteiger charge is 2.40. The Labute approximate surface area is 254 Å². The maximum atomic E-state index is 13.0. The van der Waals surface area contributed by atoms with Gasteiger partial charge in [-0.05, 0) is 88.4 Å². The minimum atomic E-state index is -0.400. The Bertz CT molecular complexity index is 1320. The van der Waals surface area contributed by atoms with Gasteiger partial charge in [-0.15, -0.1) is 0 Å². The summed E-state index contributed by atoms with van der Waals surface area (Å²) >= 11 is 0. The van der Waals surface area contributed by atoms with Crippen molar-refractivity contribution >= 4 is 12.0 Å². The van der Waals surface area contributed by atoms with Crippen LogP contribution in [-0.2, 0) is 11.3 Å². The normalized spacial score (nSPS) is 14.0. The van der Waals surface area contributed by atoms with Crippen LogP contribution in [-0.4, -0.2) is 54.3 Å². The number of nitrogens with zero attached hydrogens (tertiary/aromatic N) is 2. The predicted molar refractivity (Wildman–Crippen MR) is 165 cm³/mol. The van der Waals surface area contributed by atoms with Crippen LogP contribution in [0.25, 0.3) is 0 Å². The monoisotopic (exact) mass is 589 g/mol. The summed E-state index contributed by atoms with van der Waals surface area (Å²) < 4.78 is 22.7. The molecule has 1 N–H and O–H groups in total. The van der Waals surface area contributed by atoms with Crippen LogP contribution >= 0.6 is 0 Å². The van der Waals surface area contributed by atoms with Crippen LogP contribution in [0.3, 0.4) is 0 Å². The molecule has 4 rings (SSSR count). The van der Waals surface area contributed by atoms with E-state index in [0.29, 0.717) is 30.3 Å². The summed E-state index contributed by atoms with van der Waals surface area (Å²) in [5, 5.41) is 1.47. The van der Waals surface area contributed by atoms with E-state index < -0.39 is 6.09 Å². The van der Waals surface area contributed by atoms with E-state index in [4.69, 9.17) is 18.9 Å². The quantitative estimate of drug-likeness (QED) is 0.155. The first-order valence-corrected chi connectivity index (χ1v) is 14.9. The average Bonchev–Trinajstić information content (AvgIpc) is 3.81. The molecule has 1 atom stereocenters. The van der Waals surface area contributed by atoms with E-state index in [1.807, 2.05) is 93.3 Å². The second-order valence-electron chi connectivity index (χ2n) is 11.0. The highest BCUT2D eigenvalue weighted by atomic mass is 16.6. The molecule has 0 spiro atoms. The number of carbonyl (C=O) groups is 2. The van der Waals surface area contributed by atoms with Gasteiger partial charge in [0, 0.05) is 17.6 Å². The number of nitrogens with one attached hydrogen (secondary N) is 1. The number of amides is 2. The lowest BCUT2D eigenvalue weighted by atomic mass is 10.1. The number of carbonyl (C=O) groups excluding carboxylic acids is 2. The van der Waals surface area contributed by atoms with Gasteiger partial charge >= 0.3 is 6.09 Å². The molecule has 0 saturated carbocycles. The Hall–Kier alpha value is -4.24. The van der Waals surface area contributed by atoms with E-state index in [0.717, 1.165) is 36.1 Å². The molecule has 9 nitrogen and oxygen atoms in total. The highest BCUT2D eigenvalue weighted by Crippen LogP contribution is 2.31. The maximum absolute atomic E-state index is 13.0. The van der Waals surface area contributed by atoms with E-state index in [9.17, 15) is 9.59 Å². The van der Waals surface area contributed by atoms with E-state index in [1.165, 1.54) is 5.01 Å². The first-order chi connectivity index (χ1) is 20.8. The number of hydrogen-bond acceptors (Lipinski definition) is 7. The molecule has 1 heterocycles. The Morgan fingerprint density at radius 3 is 2.16 bits per heavy atom. The Morgan fingerprint density at radius 1 is 0.837 bits per heavy atom. The topological polar surface area (TPSA) is 99.3 Å². The van der Waals surface area contributed by atoms with Crippen molar-refractivity contribution in [2.75, 3.05) is 20.3 Å². The molecular weight excluding hydrogens is 546 g/mol. The van der Waals surface area contributed by atoms with E-state index in [1.54, 1.807) is 19.2 Å². The molecule has 1 saturated heterocycles. The summed E-state index contributed by atoms with van der Waals surface area (Å²) in [5.41, 5.74) is 5.53. The summed E-state index contributed by atoms with van der Waals surface area (Å²) in [7, 11) is 1.58. The molecule has 43 heavy (non-hydrogen) atoms. The minimum absolute atomic E-state index is 0.0186. The molecule has 3 aromatic rings. The van der Waals surface area contributed by atoms with Crippen molar-refractivity contribution in [1.29, 1.82) is 0 Å². The average molecular weight is 590 g/mol. The van der Waals surface area contributed by atoms with Crippen LogP contribution in [0.5, 0.6) is 17.2 Å². The molecule has 3 aromatic carbocycles. The Kier molecular flexibility index (Phi) is 11.3. The molecule has 1 aliphatic heterocycles. The molecular formula is C34H43N3O6. The number of rotatable bonds is 15. The van der Waals surface area contributed by atoms with Crippen molar-refractivity contribution in [3.8, 4) is 17.2 Å². The fourth-order valence-corrected chi connectivity index (χ4v) is 4.90. The van der Waals surface area contributed by atoms with Crippen LogP contribution in [0.15, 0.2) is 72.8 Å². The standard InChI is InChI=1S/C34H43N3O6/c1-24(2)36(25(3)4)33(38)28-16-19-30(31(22-28)40-5)42-21-11-7-10-20-41-29-17-14-27(15-18-29)32-35-37(32)34(39)43-23-26-12-8-6-9-13-26/h6,8-9,12-19,22,24-25,32,35H,7,10-11,20-21,23H2,1-5H3. The van der Waals surface area contributed by atoms with Gasteiger partial charge in [0.05, 0.1) is 20.3 Å². The van der Waals surface area contributed by atoms with Crippen LogP contribution < -0.4 is 19.6 Å². The van der Waals surface area contributed by atoms with Gasteiger partial charge in [0.2, 0.25) is 0 Å². The molecule has 9 heteroatoms. The molecule has 1 fully saturated rings. The third-order valence-electron chi connectivity index (χ3n) is 7.12. The fourth-order valence-electron chi connectivity index (χ4n) is 4.90. The third kappa shape index (κ3) is 8.88. The van der Waals surface area contributed by atoms with Crippen molar-refractivity contribution in [3.05, 3.63) is 89.5 Å². The first-order valence-electron chi connectivity index (χ1n) is 14.9. The number of ether oxygens (including phenoxy) is 4. The van der Waals surface area contributed by atoms with Crippen molar-refractivity contribution in [1.82, 2.24) is 15.3 Å². The smallest absolute Gasteiger partial charge is 0.426 e. The molecule has 1 aliphatic rings. The molecule has 0 radical (unpaired) electrons. The zero-order valence-electron chi connectivity index (χ0n) is 25.7. The number of hydrazine groups is 1. The number of unbranched alkanes of at least 4 members (excludes halogenated alkanes) is 2. The van der Waals surface area contributed by atoms with Crippen LogP contribution in [0.1, 0.15) is 74.6 Å². The number of benzene rings is 3. The summed E-state index contributed by atoms with van der Waals surface area (Å²) in [6.45, 7) is 9.45. The maximum Gasteiger partial charge on any atom is 0.426 e. The minimum Gasteiger partial charge on any atom is -0.494 e. The van der Waals surface area contributed by atoms with E-state index in [2.05, 4.69) is 5.43 Å². The van der Waals surface area contributed by atoms with Crippen molar-refractivity contribution in [2.45, 2.75) is 71.8 Å². The Balaban J connectivity index is 1.12. The zero-order chi connectivity index (χ0) is 30.8. The van der Waals surface area contributed by atoms with Crippen LogP contribution in [0.4, 0.5) is 4.79 Å². The van der Waals surface area contributed by atoms with Crippen LogP contribution in [0.2, 0.25) is 0 Å². The zero-order valence-corrected chi connectivity index (χ0v) is 25.7. The number of hydrogen-bond donors (Lipinski definition) is 1. The van der Waals surface area contributed by atoms with Gasteiger partial charge in [-0.1, -0.05) is 42.5 Å². The van der Waals surface area contributed by atoms with Crippen LogP contribution in [0, 0.1) is 0 Å². The number of methoxy groups -OCH3 is 1. The molecule has 0 aliphatic carbocycles. The summed E-state index contributed by atoms with van der Waals surface area (Å²) in [6.07, 6.45) is 2.11. The fraction of sp³-hybridized carbons (Fsp3) is 0.412. The molecule has 2 amide bonds. The molecule has 230 valence electrons. The van der Waals surface area contributed by atoms with Gasteiger partial charge in [0.15, 0.2) is 11.5 Å². The van der Waals surface area contributed by atoms with Crippen molar-refractivity contribution < 1.29 is 28.5 Å². The lowest BCUT2D eigenvalue weighted by Crippen LogP contribution is -2.42.